The highest BCUT2D eigenvalue weighted by Crippen LogP contribution is 1.98. The summed E-state index contributed by atoms with van der Waals surface area (Å²) in [6, 6.07) is -0.317. The molecule has 0 aromatic heterocycles. The topological polar surface area (TPSA) is 92.7 Å². The Morgan fingerprint density at radius 3 is 2.41 bits per heavy atom. The molecule has 0 spiro atoms. The monoisotopic (exact) mass is 245 g/mol. The molecular formula is C11H19NO5. The molecule has 2 N–H and O–H groups in total. The van der Waals surface area contributed by atoms with Crippen LogP contribution in [0, 0.1) is 0 Å². The first-order valence-electron chi connectivity index (χ1n) is 5.64. The number of ether oxygens (including phenoxy) is 1. The Bertz CT molecular complexity index is 277. The number of hydrogen-bond acceptors (Lipinski definition) is 4. The van der Waals surface area contributed by atoms with E-state index in [0.29, 0.717) is 6.42 Å². The van der Waals surface area contributed by atoms with E-state index in [-0.39, 0.29) is 19.1 Å². The number of carboxylic acid groups (broad SMARTS) is 1. The quantitative estimate of drug-likeness (QED) is 0.572. The Kier molecular flexibility index (Phi) is 7.96. The fourth-order valence-corrected chi connectivity index (χ4v) is 1.26. The molecule has 0 unspecified atom stereocenters. The number of carbonyl (C=O) groups is 3. The number of rotatable bonds is 9. The minimum atomic E-state index is -1.06. The summed E-state index contributed by atoms with van der Waals surface area (Å²) in [5, 5.41) is 10.9. The second kappa shape index (κ2) is 8.69. The van der Waals surface area contributed by atoms with E-state index in [0.717, 1.165) is 6.42 Å². The normalized spacial score (nSPS) is 11.9. The van der Waals surface area contributed by atoms with Gasteiger partial charge >= 0.3 is 5.97 Å². The third kappa shape index (κ3) is 7.46. The standard InChI is InChI=1S/C11H19NO5/c1-3-5-8(6-17-7-10(14)15)12-11(16)9(13)4-2/h8H,3-7H2,1-2H3,(H,12,16)(H,14,15)/t8-/m0/s1. The highest BCUT2D eigenvalue weighted by Gasteiger charge is 2.16. The number of Topliss-reactive ketones (excluding diaryl/α,β-unsaturated/α-hetero) is 1. The van der Waals surface area contributed by atoms with Crippen molar-refractivity contribution in [3.05, 3.63) is 0 Å². The molecule has 0 fully saturated rings. The number of amides is 1. The Morgan fingerprint density at radius 1 is 1.29 bits per heavy atom. The van der Waals surface area contributed by atoms with E-state index in [1.165, 1.54) is 0 Å². The predicted molar refractivity (Wildman–Crippen MR) is 60.6 cm³/mol. The van der Waals surface area contributed by atoms with Gasteiger partial charge in [-0.25, -0.2) is 4.79 Å². The summed E-state index contributed by atoms with van der Waals surface area (Å²) in [6.07, 6.45) is 1.60. The summed E-state index contributed by atoms with van der Waals surface area (Å²) < 4.78 is 4.90. The average Bonchev–Trinajstić information content (AvgIpc) is 2.27. The van der Waals surface area contributed by atoms with Crippen LogP contribution in [-0.2, 0) is 19.1 Å². The third-order valence-electron chi connectivity index (χ3n) is 2.09. The van der Waals surface area contributed by atoms with Crippen molar-refractivity contribution >= 4 is 17.7 Å². The average molecular weight is 245 g/mol. The van der Waals surface area contributed by atoms with Gasteiger partial charge in [0.2, 0.25) is 5.78 Å². The van der Waals surface area contributed by atoms with E-state index in [1.54, 1.807) is 6.92 Å². The molecule has 0 saturated carbocycles. The van der Waals surface area contributed by atoms with E-state index >= 15 is 0 Å². The van der Waals surface area contributed by atoms with Gasteiger partial charge < -0.3 is 15.2 Å². The minimum Gasteiger partial charge on any atom is -0.480 e. The van der Waals surface area contributed by atoms with Crippen molar-refractivity contribution in [3.63, 3.8) is 0 Å². The first-order chi connectivity index (χ1) is 8.01. The zero-order valence-electron chi connectivity index (χ0n) is 10.2. The van der Waals surface area contributed by atoms with Crippen molar-refractivity contribution in [3.8, 4) is 0 Å². The van der Waals surface area contributed by atoms with Crippen LogP contribution in [0.5, 0.6) is 0 Å². The summed E-state index contributed by atoms with van der Waals surface area (Å²) in [6.45, 7) is 3.23. The van der Waals surface area contributed by atoms with Crippen LogP contribution in [-0.4, -0.2) is 42.0 Å². The Labute approximate surface area is 100 Å². The molecule has 0 aliphatic rings. The van der Waals surface area contributed by atoms with Gasteiger partial charge in [0, 0.05) is 6.42 Å². The largest absolute Gasteiger partial charge is 0.480 e. The molecule has 98 valence electrons. The van der Waals surface area contributed by atoms with Crippen molar-refractivity contribution in [2.75, 3.05) is 13.2 Å². The summed E-state index contributed by atoms with van der Waals surface area (Å²) in [5.41, 5.74) is 0. The maximum absolute atomic E-state index is 11.3. The SMILES string of the molecule is CCC[C@@H](COCC(=O)O)NC(=O)C(=O)CC. The van der Waals surface area contributed by atoms with E-state index in [4.69, 9.17) is 9.84 Å². The summed E-state index contributed by atoms with van der Waals surface area (Å²) >= 11 is 0. The van der Waals surface area contributed by atoms with E-state index in [1.807, 2.05) is 6.92 Å². The van der Waals surface area contributed by atoms with Gasteiger partial charge in [-0.05, 0) is 6.42 Å². The van der Waals surface area contributed by atoms with Gasteiger partial charge in [-0.2, -0.15) is 0 Å². The molecule has 17 heavy (non-hydrogen) atoms. The summed E-state index contributed by atoms with van der Waals surface area (Å²) in [5.74, 6) is -2.18. The Hall–Kier alpha value is -1.43. The molecule has 6 nitrogen and oxygen atoms in total. The number of aliphatic carboxylic acids is 1. The Morgan fingerprint density at radius 2 is 1.94 bits per heavy atom. The lowest BCUT2D eigenvalue weighted by atomic mass is 10.1. The summed E-state index contributed by atoms with van der Waals surface area (Å²) in [4.78, 5) is 32.7. The lowest BCUT2D eigenvalue weighted by Crippen LogP contribution is -2.42. The summed E-state index contributed by atoms with van der Waals surface area (Å²) in [7, 11) is 0. The first-order valence-corrected chi connectivity index (χ1v) is 5.64. The van der Waals surface area contributed by atoms with Gasteiger partial charge in [-0.15, -0.1) is 0 Å². The zero-order valence-corrected chi connectivity index (χ0v) is 10.2. The van der Waals surface area contributed by atoms with Gasteiger partial charge in [0.05, 0.1) is 12.6 Å². The molecule has 0 bridgehead atoms. The molecule has 0 saturated heterocycles. The van der Waals surface area contributed by atoms with Crippen LogP contribution in [0.3, 0.4) is 0 Å². The van der Waals surface area contributed by atoms with Crippen LogP contribution < -0.4 is 5.32 Å². The van der Waals surface area contributed by atoms with Crippen LogP contribution >= 0.6 is 0 Å². The number of nitrogens with one attached hydrogen (secondary N) is 1. The van der Waals surface area contributed by atoms with Crippen molar-refractivity contribution in [1.82, 2.24) is 5.32 Å². The molecule has 0 rings (SSSR count). The van der Waals surface area contributed by atoms with Crippen molar-refractivity contribution in [2.45, 2.75) is 39.2 Å². The highest BCUT2D eigenvalue weighted by atomic mass is 16.5. The second-order valence-electron chi connectivity index (χ2n) is 3.64. The smallest absolute Gasteiger partial charge is 0.329 e. The molecule has 6 heteroatoms. The van der Waals surface area contributed by atoms with Gasteiger partial charge in [0.15, 0.2) is 0 Å². The lowest BCUT2D eigenvalue weighted by molar-refractivity contribution is -0.143. The predicted octanol–water partition coefficient (Wildman–Crippen LogP) is 0.352. The zero-order chi connectivity index (χ0) is 13.3. The first kappa shape index (κ1) is 15.6. The molecule has 0 heterocycles. The number of ketones is 1. The molecule has 0 aromatic carbocycles. The van der Waals surface area contributed by atoms with Crippen LogP contribution in [0.4, 0.5) is 0 Å². The van der Waals surface area contributed by atoms with Crippen molar-refractivity contribution < 1.29 is 24.2 Å². The fraction of sp³-hybridized carbons (Fsp3) is 0.727. The maximum atomic E-state index is 11.3. The van der Waals surface area contributed by atoms with Gasteiger partial charge in [-0.1, -0.05) is 20.3 Å². The second-order valence-corrected chi connectivity index (χ2v) is 3.64. The molecule has 0 radical (unpaired) electrons. The van der Waals surface area contributed by atoms with E-state index < -0.39 is 24.3 Å². The molecular weight excluding hydrogens is 226 g/mol. The molecule has 1 amide bonds. The molecule has 1 atom stereocenters. The Balaban J connectivity index is 4.09. The molecule has 0 aliphatic carbocycles. The van der Waals surface area contributed by atoms with E-state index in [2.05, 4.69) is 5.32 Å². The highest BCUT2D eigenvalue weighted by molar-refractivity contribution is 6.36. The van der Waals surface area contributed by atoms with Crippen molar-refractivity contribution in [2.24, 2.45) is 0 Å². The maximum Gasteiger partial charge on any atom is 0.329 e. The molecule has 0 aliphatic heterocycles. The van der Waals surface area contributed by atoms with Crippen LogP contribution in [0.15, 0.2) is 0 Å². The minimum absolute atomic E-state index is 0.100. The van der Waals surface area contributed by atoms with Crippen LogP contribution in [0.25, 0.3) is 0 Å². The van der Waals surface area contributed by atoms with Crippen molar-refractivity contribution in [1.29, 1.82) is 0 Å². The van der Waals surface area contributed by atoms with E-state index in [9.17, 15) is 14.4 Å². The van der Waals surface area contributed by atoms with Crippen LogP contribution in [0.2, 0.25) is 0 Å². The fourth-order valence-electron chi connectivity index (χ4n) is 1.26. The van der Waals surface area contributed by atoms with Gasteiger partial charge in [-0.3, -0.25) is 9.59 Å². The lowest BCUT2D eigenvalue weighted by Gasteiger charge is -2.17. The number of carbonyl (C=O) groups excluding carboxylic acids is 2. The van der Waals surface area contributed by atoms with Crippen LogP contribution in [0.1, 0.15) is 33.1 Å². The van der Waals surface area contributed by atoms with Gasteiger partial charge in [0.1, 0.15) is 6.61 Å². The van der Waals surface area contributed by atoms with Gasteiger partial charge in [0.25, 0.3) is 5.91 Å². The molecule has 0 aromatic rings. The number of hydrogen-bond donors (Lipinski definition) is 2. The third-order valence-corrected chi connectivity index (χ3v) is 2.09. The number of carboxylic acids is 1.